The van der Waals surface area contributed by atoms with Gasteiger partial charge in [0, 0.05) is 0 Å². The molecule has 0 unspecified atom stereocenters. The lowest BCUT2D eigenvalue weighted by molar-refractivity contribution is -0.156. The van der Waals surface area contributed by atoms with Crippen LogP contribution in [-0.2, 0) is 19.9 Å². The normalized spacial score (nSPS) is 11.3. The van der Waals surface area contributed by atoms with E-state index in [1.54, 1.807) is 20.8 Å². The average molecular weight is 365 g/mol. The fourth-order valence-corrected chi connectivity index (χ4v) is 1.03. The Labute approximate surface area is 137 Å². The summed E-state index contributed by atoms with van der Waals surface area (Å²) in [7, 11) is -4.67. The lowest BCUT2D eigenvalue weighted by atomic mass is 9.97. The minimum absolute atomic E-state index is 0.599. The minimum atomic E-state index is -4.67. The first kappa shape index (κ1) is 27.0. The molecule has 0 amide bonds. The topological polar surface area (TPSA) is 104 Å². The van der Waals surface area contributed by atoms with Crippen molar-refractivity contribution in [3.8, 4) is 0 Å². The highest BCUT2D eigenvalue weighted by Crippen LogP contribution is 2.15. The number of hydrogen-bond donors (Lipinski definition) is 2. The Kier molecular flexibility index (Phi) is 16.0. The van der Waals surface area contributed by atoms with Crippen LogP contribution in [0.3, 0.4) is 0 Å². The molecule has 0 saturated carbocycles. The molecule has 0 saturated heterocycles. The molecule has 0 aliphatic rings. The Morgan fingerprint density at radius 3 is 1.52 bits per heavy atom. The van der Waals surface area contributed by atoms with Gasteiger partial charge >= 0.3 is 16.4 Å². The van der Waals surface area contributed by atoms with Crippen LogP contribution < -0.4 is 0 Å². The van der Waals surface area contributed by atoms with Crippen molar-refractivity contribution in [2.45, 2.75) is 48.0 Å². The van der Waals surface area contributed by atoms with Gasteiger partial charge in [0.2, 0.25) is 0 Å². The van der Waals surface area contributed by atoms with Crippen molar-refractivity contribution in [3.05, 3.63) is 0 Å². The van der Waals surface area contributed by atoms with Crippen molar-refractivity contribution in [1.82, 2.24) is 4.90 Å². The highest BCUT2D eigenvalue weighted by molar-refractivity contribution is 7.79. The third-order valence-corrected chi connectivity index (χ3v) is 2.29. The summed E-state index contributed by atoms with van der Waals surface area (Å²) in [5, 5.41) is 0. The van der Waals surface area contributed by atoms with Crippen molar-refractivity contribution >= 4 is 16.4 Å². The van der Waals surface area contributed by atoms with Crippen LogP contribution >= 0.6 is 0 Å². The molecule has 0 rings (SSSR count). The molecule has 0 aliphatic heterocycles. The molecule has 2 N–H and O–H groups in total. The van der Waals surface area contributed by atoms with E-state index in [0.29, 0.717) is 0 Å². The van der Waals surface area contributed by atoms with Crippen LogP contribution in [0, 0.1) is 5.41 Å². The molecule has 0 bridgehead atoms. The smallest absolute Gasteiger partial charge is 0.394 e. The average Bonchev–Trinajstić information content (AvgIpc) is 2.35. The second-order valence-electron chi connectivity index (χ2n) is 5.31. The van der Waals surface area contributed by atoms with Gasteiger partial charge in [0.15, 0.2) is 6.61 Å². The molecule has 142 valence electrons. The number of esters is 1. The SMILES string of the molecule is CC(C)(C)C(=O)OCC(F)F.CCN(CC)CC.O=S(=O)(O)O. The zero-order valence-electron chi connectivity index (χ0n) is 14.5. The molecule has 10 heteroatoms. The zero-order chi connectivity index (χ0) is 19.3. The van der Waals surface area contributed by atoms with Crippen LogP contribution in [0.1, 0.15) is 41.5 Å². The maximum absolute atomic E-state index is 11.5. The maximum Gasteiger partial charge on any atom is 0.394 e. The Bertz CT molecular complexity index is 378. The number of alkyl halides is 2. The lowest BCUT2D eigenvalue weighted by Gasteiger charge is -2.15. The summed E-state index contributed by atoms with van der Waals surface area (Å²) in [5.74, 6) is -0.599. The second kappa shape index (κ2) is 13.6. The first-order valence-corrected chi connectivity index (χ1v) is 8.46. The van der Waals surface area contributed by atoms with Crippen molar-refractivity contribution in [1.29, 1.82) is 0 Å². The van der Waals surface area contributed by atoms with E-state index >= 15 is 0 Å². The van der Waals surface area contributed by atoms with E-state index < -0.39 is 34.8 Å². The Balaban J connectivity index is -0.000000286. The Hall–Kier alpha value is -0.840. The second-order valence-corrected chi connectivity index (χ2v) is 6.20. The van der Waals surface area contributed by atoms with E-state index in [1.807, 2.05) is 0 Å². The van der Waals surface area contributed by atoms with Crippen molar-refractivity contribution in [2.24, 2.45) is 5.41 Å². The van der Waals surface area contributed by atoms with Gasteiger partial charge in [-0.1, -0.05) is 20.8 Å². The van der Waals surface area contributed by atoms with Gasteiger partial charge in [0.25, 0.3) is 6.43 Å². The third kappa shape index (κ3) is 29.7. The molecule has 7 nitrogen and oxygen atoms in total. The molecule has 0 radical (unpaired) electrons. The summed E-state index contributed by atoms with van der Waals surface area (Å²) in [6, 6.07) is 0. The summed E-state index contributed by atoms with van der Waals surface area (Å²) in [5.41, 5.74) is -0.700. The third-order valence-electron chi connectivity index (χ3n) is 2.29. The summed E-state index contributed by atoms with van der Waals surface area (Å²) in [6.07, 6.45) is -2.58. The summed E-state index contributed by atoms with van der Waals surface area (Å²) < 4.78 is 58.9. The summed E-state index contributed by atoms with van der Waals surface area (Å²) in [6.45, 7) is 14.2. The monoisotopic (exact) mass is 365 g/mol. The number of carbonyl (C=O) groups excluding carboxylic acids is 1. The van der Waals surface area contributed by atoms with Gasteiger partial charge in [-0.05, 0) is 40.4 Å². The first-order chi connectivity index (χ1) is 10.2. The molecule has 23 heavy (non-hydrogen) atoms. The van der Waals surface area contributed by atoms with E-state index in [2.05, 4.69) is 30.4 Å². The predicted molar refractivity (Wildman–Crippen MR) is 84.1 cm³/mol. The van der Waals surface area contributed by atoms with E-state index in [4.69, 9.17) is 17.5 Å². The van der Waals surface area contributed by atoms with E-state index in [-0.39, 0.29) is 0 Å². The summed E-state index contributed by atoms with van der Waals surface area (Å²) >= 11 is 0. The molecule has 0 heterocycles. The Morgan fingerprint density at radius 2 is 1.39 bits per heavy atom. The molecule has 0 atom stereocenters. The number of hydrogen-bond acceptors (Lipinski definition) is 5. The van der Waals surface area contributed by atoms with Gasteiger partial charge in [-0.25, -0.2) is 8.78 Å². The number of ether oxygens (including phenoxy) is 1. The Morgan fingerprint density at radius 1 is 1.09 bits per heavy atom. The van der Waals surface area contributed by atoms with Gasteiger partial charge in [-0.15, -0.1) is 0 Å². The molecule has 0 aromatic rings. The fourth-order valence-electron chi connectivity index (χ4n) is 1.03. The minimum Gasteiger partial charge on any atom is -0.459 e. The van der Waals surface area contributed by atoms with E-state index in [1.165, 1.54) is 19.6 Å². The molecule has 0 fully saturated rings. The molecule has 0 aliphatic carbocycles. The van der Waals surface area contributed by atoms with Gasteiger partial charge in [0.1, 0.15) is 0 Å². The molecule has 0 aromatic carbocycles. The van der Waals surface area contributed by atoms with Crippen LogP contribution in [0.25, 0.3) is 0 Å². The van der Waals surface area contributed by atoms with Crippen LogP contribution in [0.5, 0.6) is 0 Å². The molecule has 0 aromatic heterocycles. The van der Waals surface area contributed by atoms with Crippen LogP contribution in [-0.4, -0.2) is 61.1 Å². The van der Waals surface area contributed by atoms with Crippen LogP contribution in [0.2, 0.25) is 0 Å². The molecule has 0 spiro atoms. The lowest BCUT2D eigenvalue weighted by Crippen LogP contribution is -2.24. The zero-order valence-corrected chi connectivity index (χ0v) is 15.4. The highest BCUT2D eigenvalue weighted by Gasteiger charge is 2.23. The number of nitrogens with zero attached hydrogens (tertiary/aromatic N) is 1. The van der Waals surface area contributed by atoms with Gasteiger partial charge in [0.05, 0.1) is 5.41 Å². The molecular weight excluding hydrogens is 336 g/mol. The summed E-state index contributed by atoms with van der Waals surface area (Å²) in [4.78, 5) is 13.2. The van der Waals surface area contributed by atoms with E-state index in [9.17, 15) is 13.6 Å². The fraction of sp³-hybridized carbons (Fsp3) is 0.923. The van der Waals surface area contributed by atoms with Gasteiger partial charge in [-0.3, -0.25) is 13.9 Å². The van der Waals surface area contributed by atoms with Gasteiger partial charge in [-0.2, -0.15) is 8.42 Å². The molecular formula is C13H29F2NO6S. The van der Waals surface area contributed by atoms with Crippen molar-refractivity contribution in [2.75, 3.05) is 26.2 Å². The van der Waals surface area contributed by atoms with Gasteiger partial charge < -0.3 is 9.64 Å². The van der Waals surface area contributed by atoms with E-state index in [0.717, 1.165) is 0 Å². The van der Waals surface area contributed by atoms with Crippen LogP contribution in [0.4, 0.5) is 8.78 Å². The van der Waals surface area contributed by atoms with Crippen LogP contribution in [0.15, 0.2) is 0 Å². The number of carbonyl (C=O) groups is 1. The van der Waals surface area contributed by atoms with Crippen molar-refractivity contribution < 1.29 is 35.8 Å². The standard InChI is InChI=1S/C7H12F2O2.C6H15N.H2O4S/c1-7(2,3)6(10)11-4-5(8)9;1-4-7(5-2)6-3;1-5(2,3)4/h5H,4H2,1-3H3;4-6H2,1-3H3;(H2,1,2,3,4). The predicted octanol–water partition coefficient (Wildman–Crippen LogP) is 2.54. The quantitative estimate of drug-likeness (QED) is 0.570. The van der Waals surface area contributed by atoms with Crippen molar-refractivity contribution in [3.63, 3.8) is 0 Å². The highest BCUT2D eigenvalue weighted by atomic mass is 32.3. The maximum atomic E-state index is 11.5. The largest absolute Gasteiger partial charge is 0.459 e. The first-order valence-electron chi connectivity index (χ1n) is 7.06. The number of halogens is 2. The number of rotatable bonds is 5.